The summed E-state index contributed by atoms with van der Waals surface area (Å²) in [6.07, 6.45) is 2.47. The molecule has 0 fully saturated rings. The van der Waals surface area contributed by atoms with Crippen molar-refractivity contribution < 1.29 is 0 Å². The highest BCUT2D eigenvalue weighted by atomic mass is 79.9. The molecule has 1 rings (SSSR count). The van der Waals surface area contributed by atoms with Crippen molar-refractivity contribution in [2.24, 2.45) is 17.6 Å². The molecule has 1 unspecified atom stereocenters. The maximum absolute atomic E-state index is 6.08. The largest absolute Gasteiger partial charge is 0.329 e. The lowest BCUT2D eigenvalue weighted by Crippen LogP contribution is -2.35. The van der Waals surface area contributed by atoms with Crippen molar-refractivity contribution in [1.82, 2.24) is 4.90 Å². The predicted molar refractivity (Wildman–Crippen MR) is 94.3 cm³/mol. The first kappa shape index (κ1) is 18.1. The molecule has 4 heteroatoms. The molecule has 0 bridgehead atoms. The van der Waals surface area contributed by atoms with Gasteiger partial charge in [-0.05, 0) is 65.8 Å². The predicted octanol–water partition coefficient (Wildman–Crippen LogP) is 4.90. The van der Waals surface area contributed by atoms with Gasteiger partial charge >= 0.3 is 0 Å². The average molecular weight is 361 g/mol. The highest BCUT2D eigenvalue weighted by Gasteiger charge is 2.20. The molecule has 0 amide bonds. The minimum Gasteiger partial charge on any atom is -0.329 e. The molecule has 0 aliphatic carbocycles. The zero-order chi connectivity index (χ0) is 15.1. The summed E-state index contributed by atoms with van der Waals surface area (Å²) in [4.78, 5) is 3.96. The molecule has 0 aliphatic rings. The zero-order valence-electron chi connectivity index (χ0n) is 13.2. The van der Waals surface area contributed by atoms with Crippen LogP contribution in [-0.4, -0.2) is 24.5 Å². The molecule has 1 atom stereocenters. The van der Waals surface area contributed by atoms with Crippen molar-refractivity contribution >= 4 is 27.3 Å². The Bertz CT molecular complexity index is 364. The second-order valence-electron chi connectivity index (χ2n) is 6.29. The molecule has 1 heterocycles. The van der Waals surface area contributed by atoms with Crippen molar-refractivity contribution in [1.29, 1.82) is 0 Å². The zero-order valence-corrected chi connectivity index (χ0v) is 15.6. The van der Waals surface area contributed by atoms with E-state index in [9.17, 15) is 0 Å². The van der Waals surface area contributed by atoms with Crippen molar-refractivity contribution in [3.05, 3.63) is 20.8 Å². The lowest BCUT2D eigenvalue weighted by molar-refractivity contribution is 0.183. The number of nitrogens with two attached hydrogens (primary N) is 1. The molecule has 0 saturated heterocycles. The highest BCUT2D eigenvalue weighted by Crippen LogP contribution is 2.31. The summed E-state index contributed by atoms with van der Waals surface area (Å²) < 4.78 is 1.19. The number of nitrogens with zero attached hydrogens (tertiary/aromatic N) is 1. The number of hydrogen-bond acceptors (Lipinski definition) is 3. The maximum atomic E-state index is 6.08. The van der Waals surface area contributed by atoms with E-state index in [1.807, 2.05) is 11.3 Å². The van der Waals surface area contributed by atoms with Gasteiger partial charge < -0.3 is 5.73 Å². The van der Waals surface area contributed by atoms with Gasteiger partial charge in [-0.2, -0.15) is 0 Å². The van der Waals surface area contributed by atoms with E-state index in [4.69, 9.17) is 5.73 Å². The van der Waals surface area contributed by atoms with Crippen LogP contribution in [0.25, 0.3) is 0 Å². The van der Waals surface area contributed by atoms with E-state index in [2.05, 4.69) is 60.7 Å². The summed E-state index contributed by atoms with van der Waals surface area (Å²) in [5.74, 6) is 1.48. The van der Waals surface area contributed by atoms with Crippen LogP contribution in [0.1, 0.15) is 51.5 Å². The summed E-state index contributed by atoms with van der Waals surface area (Å²) in [5.41, 5.74) is 6.08. The van der Waals surface area contributed by atoms with Gasteiger partial charge in [-0.3, -0.25) is 4.90 Å². The van der Waals surface area contributed by atoms with Crippen LogP contribution in [0, 0.1) is 11.8 Å². The highest BCUT2D eigenvalue weighted by molar-refractivity contribution is 9.11. The van der Waals surface area contributed by atoms with E-state index in [1.54, 1.807) is 0 Å². The molecule has 0 aliphatic heterocycles. The van der Waals surface area contributed by atoms with Crippen LogP contribution in [0.2, 0.25) is 0 Å². The first-order valence-corrected chi connectivity index (χ1v) is 9.24. The minimum atomic E-state index is 0.365. The van der Waals surface area contributed by atoms with Crippen LogP contribution in [-0.2, 0) is 0 Å². The van der Waals surface area contributed by atoms with E-state index in [-0.39, 0.29) is 0 Å². The van der Waals surface area contributed by atoms with Crippen molar-refractivity contribution in [3.63, 3.8) is 0 Å². The van der Waals surface area contributed by atoms with E-state index >= 15 is 0 Å². The van der Waals surface area contributed by atoms with E-state index in [0.717, 1.165) is 24.9 Å². The molecular weight excluding hydrogens is 332 g/mol. The quantitative estimate of drug-likeness (QED) is 0.677. The van der Waals surface area contributed by atoms with Gasteiger partial charge in [-0.15, -0.1) is 11.3 Å². The molecule has 0 aromatic carbocycles. The van der Waals surface area contributed by atoms with Crippen LogP contribution < -0.4 is 5.73 Å². The van der Waals surface area contributed by atoms with Gasteiger partial charge in [0, 0.05) is 11.4 Å². The topological polar surface area (TPSA) is 29.3 Å². The fourth-order valence-electron chi connectivity index (χ4n) is 2.22. The van der Waals surface area contributed by atoms with Gasteiger partial charge in [0.15, 0.2) is 0 Å². The third-order valence-corrected chi connectivity index (χ3v) is 5.30. The first-order valence-electron chi connectivity index (χ1n) is 7.63. The van der Waals surface area contributed by atoms with Gasteiger partial charge in [0.2, 0.25) is 0 Å². The minimum absolute atomic E-state index is 0.365. The normalized spacial score (nSPS) is 13.7. The molecular formula is C16H29BrN2S. The summed E-state index contributed by atoms with van der Waals surface area (Å²) >= 11 is 5.37. The van der Waals surface area contributed by atoms with Gasteiger partial charge in [-0.1, -0.05) is 27.7 Å². The third-order valence-electron chi connectivity index (χ3n) is 3.57. The van der Waals surface area contributed by atoms with Crippen LogP contribution in [0.5, 0.6) is 0 Å². The number of rotatable bonds is 9. The van der Waals surface area contributed by atoms with Gasteiger partial charge in [0.1, 0.15) is 0 Å². The third kappa shape index (κ3) is 6.25. The molecule has 2 N–H and O–H groups in total. The Labute approximate surface area is 136 Å². The van der Waals surface area contributed by atoms with Gasteiger partial charge in [0.05, 0.1) is 9.83 Å². The maximum Gasteiger partial charge on any atom is 0.0702 e. The molecule has 0 spiro atoms. The standard InChI is InChI=1S/C16H29BrN2S/c1-12(2)7-9-19(10-8-13(3)4)14(11-18)15-5-6-16(17)20-15/h5-6,12-14H,7-11,18H2,1-4H3. The van der Waals surface area contributed by atoms with Crippen molar-refractivity contribution in [2.75, 3.05) is 19.6 Å². The molecule has 1 aromatic rings. The molecule has 116 valence electrons. The Morgan fingerprint density at radius 1 is 1.10 bits per heavy atom. The van der Waals surface area contributed by atoms with Gasteiger partial charge in [0.25, 0.3) is 0 Å². The molecule has 20 heavy (non-hydrogen) atoms. The Kier molecular flexibility index (Phi) is 8.34. The molecule has 2 nitrogen and oxygen atoms in total. The number of hydrogen-bond donors (Lipinski definition) is 1. The summed E-state index contributed by atoms with van der Waals surface area (Å²) in [6.45, 7) is 12.1. The molecule has 0 radical (unpaired) electrons. The monoisotopic (exact) mass is 360 g/mol. The number of thiophene rings is 1. The fourth-order valence-corrected chi connectivity index (χ4v) is 3.80. The van der Waals surface area contributed by atoms with E-state index in [0.29, 0.717) is 12.6 Å². The number of halogens is 1. The van der Waals surface area contributed by atoms with Crippen LogP contribution in [0.15, 0.2) is 15.9 Å². The van der Waals surface area contributed by atoms with E-state index in [1.165, 1.54) is 21.5 Å². The Morgan fingerprint density at radius 2 is 1.65 bits per heavy atom. The summed E-state index contributed by atoms with van der Waals surface area (Å²) in [6, 6.07) is 4.71. The molecule has 0 saturated carbocycles. The van der Waals surface area contributed by atoms with Crippen LogP contribution in [0.3, 0.4) is 0 Å². The first-order chi connectivity index (χ1) is 9.43. The van der Waals surface area contributed by atoms with Gasteiger partial charge in [-0.25, -0.2) is 0 Å². The summed E-state index contributed by atoms with van der Waals surface area (Å²) in [5, 5.41) is 0. The SMILES string of the molecule is CC(C)CCN(CCC(C)C)C(CN)c1ccc(Br)s1. The molecule has 1 aromatic heterocycles. The van der Waals surface area contributed by atoms with Crippen LogP contribution in [0.4, 0.5) is 0 Å². The second-order valence-corrected chi connectivity index (χ2v) is 8.79. The Morgan fingerprint density at radius 3 is 2.00 bits per heavy atom. The van der Waals surface area contributed by atoms with Crippen molar-refractivity contribution in [3.8, 4) is 0 Å². The van der Waals surface area contributed by atoms with Crippen LogP contribution >= 0.6 is 27.3 Å². The fraction of sp³-hybridized carbons (Fsp3) is 0.750. The smallest absolute Gasteiger partial charge is 0.0702 e. The summed E-state index contributed by atoms with van der Waals surface area (Å²) in [7, 11) is 0. The van der Waals surface area contributed by atoms with E-state index < -0.39 is 0 Å². The average Bonchev–Trinajstić information content (AvgIpc) is 2.78. The Balaban J connectivity index is 2.75. The van der Waals surface area contributed by atoms with Crippen molar-refractivity contribution in [2.45, 2.75) is 46.6 Å². The Hall–Kier alpha value is 0.1000. The second kappa shape index (κ2) is 9.19. The lowest BCUT2D eigenvalue weighted by atomic mass is 10.1. The lowest BCUT2D eigenvalue weighted by Gasteiger charge is -2.31.